The number of carbonyl (C=O) groups is 1. The Morgan fingerprint density at radius 2 is 1.97 bits per heavy atom. The second kappa shape index (κ2) is 7.93. The summed E-state index contributed by atoms with van der Waals surface area (Å²) in [7, 11) is 1.52. The summed E-state index contributed by atoms with van der Waals surface area (Å²) in [6.45, 7) is 0.966. The van der Waals surface area contributed by atoms with Crippen LogP contribution < -0.4 is 4.74 Å². The van der Waals surface area contributed by atoms with Crippen LogP contribution in [0.2, 0.25) is 0 Å². The van der Waals surface area contributed by atoms with E-state index in [9.17, 15) is 15.0 Å². The monoisotopic (exact) mass is 421 g/mol. The zero-order chi connectivity index (χ0) is 21.5. The lowest BCUT2D eigenvalue weighted by Gasteiger charge is -2.48. The lowest BCUT2D eigenvalue weighted by molar-refractivity contribution is -0.148. The Bertz CT molecular complexity index is 1050. The fourth-order valence-corrected chi connectivity index (χ4v) is 5.41. The summed E-state index contributed by atoms with van der Waals surface area (Å²) in [6, 6.07) is 9.14. The summed E-state index contributed by atoms with van der Waals surface area (Å²) >= 11 is 0. The average molecular weight is 421 g/mol. The Morgan fingerprint density at radius 1 is 1.10 bits per heavy atom. The van der Waals surface area contributed by atoms with Gasteiger partial charge < -0.3 is 19.7 Å². The molecule has 0 amide bonds. The molecule has 6 nitrogen and oxygen atoms in total. The van der Waals surface area contributed by atoms with Crippen LogP contribution in [0.3, 0.4) is 0 Å². The highest BCUT2D eigenvalue weighted by Crippen LogP contribution is 2.49. The van der Waals surface area contributed by atoms with E-state index in [1.54, 1.807) is 30.3 Å². The molecule has 3 aliphatic rings. The van der Waals surface area contributed by atoms with Crippen molar-refractivity contribution in [2.75, 3.05) is 13.7 Å². The van der Waals surface area contributed by atoms with Crippen LogP contribution in [0.4, 0.5) is 0 Å². The molecule has 4 bridgehead atoms. The summed E-state index contributed by atoms with van der Waals surface area (Å²) in [5.41, 5.74) is 2.76. The van der Waals surface area contributed by atoms with Crippen molar-refractivity contribution in [3.8, 4) is 28.4 Å². The van der Waals surface area contributed by atoms with E-state index >= 15 is 0 Å². The number of esters is 1. The fourth-order valence-electron chi connectivity index (χ4n) is 5.41. The number of benzene rings is 2. The summed E-state index contributed by atoms with van der Waals surface area (Å²) < 4.78 is 11.2. The van der Waals surface area contributed by atoms with Crippen molar-refractivity contribution in [3.63, 3.8) is 0 Å². The Labute approximate surface area is 181 Å². The maximum atomic E-state index is 12.5. The highest BCUT2D eigenvalue weighted by atomic mass is 16.5. The van der Waals surface area contributed by atoms with Gasteiger partial charge in [-0.05, 0) is 54.8 Å². The number of rotatable bonds is 1. The summed E-state index contributed by atoms with van der Waals surface area (Å²) in [5, 5.41) is 21.9. The summed E-state index contributed by atoms with van der Waals surface area (Å²) in [5.74, 6) is 0.103. The van der Waals surface area contributed by atoms with E-state index in [1.165, 1.54) is 13.2 Å². The number of hydrogen-bond donors (Lipinski definition) is 2. The van der Waals surface area contributed by atoms with Crippen LogP contribution in [0.1, 0.15) is 49.3 Å². The zero-order valence-corrected chi connectivity index (χ0v) is 17.6. The Kier molecular flexibility index (Phi) is 5.10. The van der Waals surface area contributed by atoms with Crippen molar-refractivity contribution in [2.45, 2.75) is 50.3 Å². The minimum absolute atomic E-state index is 0.0150. The number of ether oxygens (including phenoxy) is 2. The van der Waals surface area contributed by atoms with E-state index < -0.39 is 0 Å². The molecule has 3 heterocycles. The number of fused-ring (bicyclic) bond motifs is 9. The Hall–Kier alpha value is -2.99. The van der Waals surface area contributed by atoms with E-state index in [1.807, 2.05) is 6.07 Å². The number of phenols is 2. The molecule has 0 aromatic heterocycles. The molecule has 0 saturated carbocycles. The molecule has 2 saturated heterocycles. The highest BCUT2D eigenvalue weighted by molar-refractivity contribution is 5.88. The van der Waals surface area contributed by atoms with Gasteiger partial charge in [0, 0.05) is 42.1 Å². The van der Waals surface area contributed by atoms with E-state index in [2.05, 4.69) is 4.90 Å². The first kappa shape index (κ1) is 19.9. The summed E-state index contributed by atoms with van der Waals surface area (Å²) in [6.07, 6.45) is 7.75. The van der Waals surface area contributed by atoms with Crippen molar-refractivity contribution in [1.82, 2.24) is 4.90 Å². The first-order valence-electron chi connectivity index (χ1n) is 10.9. The van der Waals surface area contributed by atoms with Crippen molar-refractivity contribution in [2.24, 2.45) is 0 Å². The normalized spacial score (nSPS) is 26.5. The van der Waals surface area contributed by atoms with Crippen LogP contribution in [-0.2, 0) is 9.53 Å². The van der Waals surface area contributed by atoms with Gasteiger partial charge in [-0.3, -0.25) is 4.90 Å². The highest BCUT2D eigenvalue weighted by Gasteiger charge is 2.40. The molecule has 5 rings (SSSR count). The van der Waals surface area contributed by atoms with Crippen LogP contribution in [0.15, 0.2) is 36.4 Å². The molecule has 6 heteroatoms. The maximum Gasteiger partial charge on any atom is 0.331 e. The number of phenolic OH excluding ortho intramolecular Hbond substituents is 2. The minimum Gasteiger partial charge on any atom is -0.507 e. The standard InChI is InChI=1S/C25H27NO5/c1-30-22-9-7-18-20-14-17(13-16-4-2-3-11-26(16)20)31-23(28)10-6-15-5-8-21(27)19(12-15)24(18)25(22)29/h5-10,12,16-17,20,27,29H,2-4,11,13-14H2,1H3/b10-6-/t16-,17-,20-/m0/s1. The third-order valence-corrected chi connectivity index (χ3v) is 6.83. The zero-order valence-electron chi connectivity index (χ0n) is 17.6. The molecule has 0 radical (unpaired) electrons. The van der Waals surface area contributed by atoms with Gasteiger partial charge in [0.05, 0.1) is 7.11 Å². The lowest BCUT2D eigenvalue weighted by Crippen LogP contribution is -2.49. The SMILES string of the molecule is COc1ccc2c(c1O)-c1cc(ccc1O)/C=C\C(=O)O[C@H]1C[C@@H]3CCCCN3[C@H]2C1. The Morgan fingerprint density at radius 3 is 2.81 bits per heavy atom. The van der Waals surface area contributed by atoms with Crippen LogP contribution in [-0.4, -0.2) is 46.9 Å². The summed E-state index contributed by atoms with van der Waals surface area (Å²) in [4.78, 5) is 15.0. The van der Waals surface area contributed by atoms with E-state index in [0.29, 0.717) is 29.3 Å². The average Bonchev–Trinajstić information content (AvgIpc) is 2.77. The number of methoxy groups -OCH3 is 1. The van der Waals surface area contributed by atoms with Gasteiger partial charge in [-0.2, -0.15) is 0 Å². The number of aromatic hydroxyl groups is 2. The molecule has 31 heavy (non-hydrogen) atoms. The van der Waals surface area contributed by atoms with Crippen LogP contribution in [0.5, 0.6) is 17.2 Å². The van der Waals surface area contributed by atoms with Gasteiger partial charge in [0.25, 0.3) is 0 Å². The number of carbonyl (C=O) groups excluding carboxylic acids is 1. The third kappa shape index (κ3) is 3.55. The van der Waals surface area contributed by atoms with Crippen molar-refractivity contribution >= 4 is 12.0 Å². The molecule has 162 valence electrons. The first-order chi connectivity index (χ1) is 15.0. The van der Waals surface area contributed by atoms with Crippen LogP contribution >= 0.6 is 0 Å². The largest absolute Gasteiger partial charge is 0.507 e. The molecule has 0 unspecified atom stereocenters. The molecule has 0 aliphatic carbocycles. The molecule has 2 N–H and O–H groups in total. The second-order valence-electron chi connectivity index (χ2n) is 8.62. The molecule has 3 atom stereocenters. The maximum absolute atomic E-state index is 12.5. The molecule has 3 aliphatic heterocycles. The van der Waals surface area contributed by atoms with Gasteiger partial charge in [0.15, 0.2) is 11.5 Å². The number of hydrogen-bond acceptors (Lipinski definition) is 6. The lowest BCUT2D eigenvalue weighted by atomic mass is 9.81. The van der Waals surface area contributed by atoms with Crippen molar-refractivity contribution < 1.29 is 24.5 Å². The molecule has 2 fully saturated rings. The topological polar surface area (TPSA) is 79.2 Å². The number of nitrogens with zero attached hydrogens (tertiary/aromatic N) is 1. The third-order valence-electron chi connectivity index (χ3n) is 6.83. The second-order valence-corrected chi connectivity index (χ2v) is 8.62. The molecule has 2 aromatic rings. The predicted molar refractivity (Wildman–Crippen MR) is 117 cm³/mol. The minimum atomic E-state index is -0.346. The molecular formula is C25H27NO5. The van der Waals surface area contributed by atoms with Crippen molar-refractivity contribution in [1.29, 1.82) is 0 Å². The number of piperidine rings is 2. The quantitative estimate of drug-likeness (QED) is 0.665. The smallest absolute Gasteiger partial charge is 0.331 e. The van der Waals surface area contributed by atoms with Gasteiger partial charge >= 0.3 is 5.97 Å². The van der Waals surface area contributed by atoms with E-state index in [4.69, 9.17) is 9.47 Å². The van der Waals surface area contributed by atoms with Crippen molar-refractivity contribution in [3.05, 3.63) is 47.5 Å². The fraction of sp³-hybridized carbons (Fsp3) is 0.400. The van der Waals surface area contributed by atoms with Crippen LogP contribution in [0, 0.1) is 0 Å². The van der Waals surface area contributed by atoms with Gasteiger partial charge in [-0.25, -0.2) is 4.79 Å². The van der Waals surface area contributed by atoms with Gasteiger partial charge in [0.1, 0.15) is 11.9 Å². The van der Waals surface area contributed by atoms with Gasteiger partial charge in [-0.1, -0.05) is 18.6 Å². The van der Waals surface area contributed by atoms with Gasteiger partial charge in [0.2, 0.25) is 0 Å². The van der Waals surface area contributed by atoms with E-state index in [0.717, 1.165) is 43.4 Å². The predicted octanol–water partition coefficient (Wildman–Crippen LogP) is 4.40. The van der Waals surface area contributed by atoms with Gasteiger partial charge in [-0.15, -0.1) is 0 Å². The molecule has 0 spiro atoms. The van der Waals surface area contributed by atoms with E-state index in [-0.39, 0.29) is 29.6 Å². The molecular weight excluding hydrogens is 394 g/mol. The van der Waals surface area contributed by atoms with Crippen LogP contribution in [0.25, 0.3) is 17.2 Å². The first-order valence-corrected chi connectivity index (χ1v) is 10.9. The molecule has 2 aromatic carbocycles. The Balaban J connectivity index is 1.76.